The molecule has 0 aromatic carbocycles. The summed E-state index contributed by atoms with van der Waals surface area (Å²) in [5, 5.41) is 27.3. The number of nitrogens with one attached hydrogen (secondary N) is 5. The van der Waals surface area contributed by atoms with E-state index in [2.05, 4.69) is 44.5 Å². The van der Waals surface area contributed by atoms with Crippen molar-refractivity contribution in [1.29, 1.82) is 5.26 Å². The number of carbonyl (C=O) groups excluding carboxylic acids is 2. The van der Waals surface area contributed by atoms with Crippen LogP contribution in [0.3, 0.4) is 0 Å². The first-order chi connectivity index (χ1) is 20.2. The van der Waals surface area contributed by atoms with Gasteiger partial charge in [-0.05, 0) is 97.3 Å². The quantitative estimate of drug-likeness (QED) is 0.225. The zero-order valence-corrected chi connectivity index (χ0v) is 26.8. The molecule has 2 saturated heterocycles. The van der Waals surface area contributed by atoms with E-state index in [9.17, 15) is 14.9 Å². The number of alkyl halides is 1. The fraction of sp³-hybridized carbons (Fsp3) is 0.903. The Morgan fingerprint density at radius 3 is 2.60 bits per heavy atom. The fourth-order valence-electron chi connectivity index (χ4n) is 7.66. The minimum Gasteiger partial charge on any atom is -0.376 e. The number of ether oxygens (including phenoxy) is 1. The molecule has 0 radical (unpaired) electrons. The predicted molar refractivity (Wildman–Crippen MR) is 165 cm³/mol. The lowest BCUT2D eigenvalue weighted by Crippen LogP contribution is -2.66. The SMILES string of the molecule is CCOC1CC2NCC(C#N)C(NC3CCC(NC(=O)C4NCCCC4C)C(Cl)C3)C2CC1NC(=O)CCCN(C)C. The molecule has 238 valence electrons. The van der Waals surface area contributed by atoms with Crippen molar-refractivity contribution in [1.82, 2.24) is 31.5 Å². The van der Waals surface area contributed by atoms with Gasteiger partial charge in [-0.2, -0.15) is 5.26 Å². The molecule has 2 aliphatic carbocycles. The molecule has 4 fully saturated rings. The van der Waals surface area contributed by atoms with Crippen LogP contribution in [0, 0.1) is 29.1 Å². The van der Waals surface area contributed by atoms with Crippen molar-refractivity contribution in [2.75, 3.05) is 40.3 Å². The van der Waals surface area contributed by atoms with Gasteiger partial charge in [-0.3, -0.25) is 9.59 Å². The van der Waals surface area contributed by atoms with E-state index in [1.807, 2.05) is 21.0 Å². The van der Waals surface area contributed by atoms with Gasteiger partial charge in [-0.1, -0.05) is 6.92 Å². The average molecular weight is 608 g/mol. The third-order valence-corrected chi connectivity index (χ3v) is 10.4. The van der Waals surface area contributed by atoms with Crippen molar-refractivity contribution < 1.29 is 14.3 Å². The zero-order chi connectivity index (χ0) is 30.2. The Bertz CT molecular complexity index is 933. The van der Waals surface area contributed by atoms with E-state index in [4.69, 9.17) is 16.3 Å². The minimum absolute atomic E-state index is 0.00395. The van der Waals surface area contributed by atoms with E-state index in [1.54, 1.807) is 0 Å². The van der Waals surface area contributed by atoms with Crippen LogP contribution < -0.4 is 26.6 Å². The molecular weight excluding hydrogens is 554 g/mol. The molecule has 11 unspecified atom stereocenters. The summed E-state index contributed by atoms with van der Waals surface area (Å²) in [6.07, 6.45) is 7.47. The van der Waals surface area contributed by atoms with Crippen LogP contribution in [0.25, 0.3) is 0 Å². The van der Waals surface area contributed by atoms with Gasteiger partial charge in [0, 0.05) is 43.7 Å². The molecule has 2 amide bonds. The first kappa shape index (κ1) is 33.4. The first-order valence-corrected chi connectivity index (χ1v) is 16.8. The van der Waals surface area contributed by atoms with Crippen molar-refractivity contribution in [3.63, 3.8) is 0 Å². The van der Waals surface area contributed by atoms with Crippen LogP contribution >= 0.6 is 11.6 Å². The van der Waals surface area contributed by atoms with Crippen LogP contribution in [0.1, 0.15) is 71.6 Å². The number of carbonyl (C=O) groups is 2. The van der Waals surface area contributed by atoms with Crippen molar-refractivity contribution in [3.8, 4) is 6.07 Å². The third kappa shape index (κ3) is 8.80. The van der Waals surface area contributed by atoms with Gasteiger partial charge in [0.2, 0.25) is 11.8 Å². The minimum atomic E-state index is -0.170. The van der Waals surface area contributed by atoms with E-state index in [0.29, 0.717) is 25.5 Å². The summed E-state index contributed by atoms with van der Waals surface area (Å²) >= 11 is 6.90. The smallest absolute Gasteiger partial charge is 0.237 e. The summed E-state index contributed by atoms with van der Waals surface area (Å²) in [6.45, 7) is 7.13. The van der Waals surface area contributed by atoms with Crippen molar-refractivity contribution in [3.05, 3.63) is 0 Å². The number of nitrogens with zero attached hydrogens (tertiary/aromatic N) is 2. The van der Waals surface area contributed by atoms with Gasteiger partial charge in [0.1, 0.15) is 0 Å². The number of fused-ring (bicyclic) bond motifs is 1. The molecule has 2 aliphatic heterocycles. The molecule has 10 nitrogen and oxygen atoms in total. The summed E-state index contributed by atoms with van der Waals surface area (Å²) in [5.41, 5.74) is 0. The second-order valence-electron chi connectivity index (χ2n) is 13.3. The van der Waals surface area contributed by atoms with Crippen LogP contribution in [0.15, 0.2) is 0 Å². The number of piperidine rings is 2. The van der Waals surface area contributed by atoms with Gasteiger partial charge in [0.15, 0.2) is 0 Å². The average Bonchev–Trinajstić information content (AvgIpc) is 2.95. The van der Waals surface area contributed by atoms with Crippen LogP contribution in [0.2, 0.25) is 0 Å². The molecular formula is C31H54ClN7O3. The number of nitriles is 1. The molecule has 5 N–H and O–H groups in total. The second-order valence-corrected chi connectivity index (χ2v) is 13.9. The molecule has 4 aliphatic rings. The molecule has 11 heteroatoms. The Hall–Kier alpha value is -1.48. The standard InChI is InChI=1S/C31H54ClN7O3/c1-5-42-27-16-25-22(15-26(27)37-28(40)9-7-13-39(3)4)30(20(17-33)18-35-25)36-21-10-11-24(23(32)14-21)38-31(41)29-19(2)8-6-12-34-29/h19-27,29-30,34-36H,5-16,18H2,1-4H3,(H,37,40)(H,38,41). The lowest BCUT2D eigenvalue weighted by Gasteiger charge is -2.50. The highest BCUT2D eigenvalue weighted by Gasteiger charge is 2.47. The maximum absolute atomic E-state index is 13.0. The van der Waals surface area contributed by atoms with E-state index in [-0.39, 0.29) is 71.4 Å². The molecule has 0 aromatic rings. The van der Waals surface area contributed by atoms with Crippen molar-refractivity contribution >= 4 is 23.4 Å². The predicted octanol–water partition coefficient (Wildman–Crippen LogP) is 1.73. The third-order valence-electron chi connectivity index (χ3n) is 9.96. The van der Waals surface area contributed by atoms with Crippen LogP contribution in [0.5, 0.6) is 0 Å². The highest BCUT2D eigenvalue weighted by atomic mass is 35.5. The van der Waals surface area contributed by atoms with Crippen LogP contribution in [-0.2, 0) is 14.3 Å². The number of hydrogen-bond acceptors (Lipinski definition) is 8. The van der Waals surface area contributed by atoms with Gasteiger partial charge in [-0.25, -0.2) is 0 Å². The zero-order valence-electron chi connectivity index (χ0n) is 26.0. The van der Waals surface area contributed by atoms with Crippen LogP contribution in [0.4, 0.5) is 0 Å². The molecule has 0 bridgehead atoms. The molecule has 2 heterocycles. The molecule has 4 rings (SSSR count). The van der Waals surface area contributed by atoms with Gasteiger partial charge in [-0.15, -0.1) is 11.6 Å². The summed E-state index contributed by atoms with van der Waals surface area (Å²) in [7, 11) is 4.03. The van der Waals surface area contributed by atoms with Crippen LogP contribution in [-0.4, -0.2) is 105 Å². The normalized spacial score (nSPS) is 38.7. The number of amides is 2. The highest BCUT2D eigenvalue weighted by molar-refractivity contribution is 6.21. The Labute approximate surface area is 257 Å². The highest BCUT2D eigenvalue weighted by Crippen LogP contribution is 2.36. The van der Waals surface area contributed by atoms with Gasteiger partial charge in [0.25, 0.3) is 0 Å². The second kappa shape index (κ2) is 16.0. The topological polar surface area (TPSA) is 131 Å². The first-order valence-electron chi connectivity index (χ1n) is 16.3. The fourth-order valence-corrected chi connectivity index (χ4v) is 8.06. The number of hydrogen-bond donors (Lipinski definition) is 5. The molecule has 11 atom stereocenters. The van der Waals surface area contributed by atoms with Gasteiger partial charge in [0.05, 0.1) is 35.6 Å². The molecule has 0 aromatic heterocycles. The van der Waals surface area contributed by atoms with E-state index < -0.39 is 0 Å². The Balaban J connectivity index is 1.36. The maximum atomic E-state index is 13.0. The molecule has 0 spiro atoms. The lowest BCUT2D eigenvalue weighted by atomic mass is 9.69. The molecule has 42 heavy (non-hydrogen) atoms. The Kier molecular flexibility index (Phi) is 12.7. The van der Waals surface area contributed by atoms with Crippen molar-refractivity contribution in [2.45, 2.75) is 119 Å². The van der Waals surface area contributed by atoms with E-state index in [1.165, 1.54) is 0 Å². The maximum Gasteiger partial charge on any atom is 0.237 e. The largest absolute Gasteiger partial charge is 0.376 e. The number of rotatable bonds is 11. The lowest BCUT2D eigenvalue weighted by molar-refractivity contribution is -0.126. The molecule has 2 saturated carbocycles. The monoisotopic (exact) mass is 607 g/mol. The summed E-state index contributed by atoms with van der Waals surface area (Å²) in [4.78, 5) is 28.0. The van der Waals surface area contributed by atoms with Gasteiger partial charge < -0.3 is 36.2 Å². The number of halogens is 1. The summed E-state index contributed by atoms with van der Waals surface area (Å²) < 4.78 is 6.13. The van der Waals surface area contributed by atoms with E-state index >= 15 is 0 Å². The van der Waals surface area contributed by atoms with E-state index in [0.717, 1.165) is 64.5 Å². The summed E-state index contributed by atoms with van der Waals surface area (Å²) in [5.74, 6) is 0.480. The van der Waals surface area contributed by atoms with Gasteiger partial charge >= 0.3 is 0 Å². The Morgan fingerprint density at radius 1 is 1.10 bits per heavy atom. The Morgan fingerprint density at radius 2 is 1.90 bits per heavy atom. The summed E-state index contributed by atoms with van der Waals surface area (Å²) in [6, 6.07) is 2.68. The van der Waals surface area contributed by atoms with Crippen molar-refractivity contribution in [2.24, 2.45) is 17.8 Å².